The molecular weight excluding hydrogens is 242 g/mol. The number of piperazine rings is 1. The van der Waals surface area contributed by atoms with E-state index in [1.54, 1.807) is 6.92 Å². The molecule has 102 valence electrons. The Bertz CT molecular complexity index is 541. The molecule has 1 unspecified atom stereocenters. The normalized spacial score (nSPS) is 23.5. The molecule has 1 atom stereocenters. The molecule has 1 aliphatic rings. The summed E-state index contributed by atoms with van der Waals surface area (Å²) >= 11 is 0. The number of aromatic nitrogens is 1. The molecule has 5 nitrogen and oxygen atoms in total. The topological polar surface area (TPSA) is 62.3 Å². The van der Waals surface area contributed by atoms with Gasteiger partial charge in [0.15, 0.2) is 0 Å². The molecule has 5 heteroatoms. The molecule has 0 bridgehead atoms. The number of amides is 2. The van der Waals surface area contributed by atoms with Crippen LogP contribution in [0.15, 0.2) is 12.1 Å². The number of carbonyl (C=O) groups is 2. The maximum Gasteiger partial charge on any atom is 0.252 e. The van der Waals surface area contributed by atoms with Crippen LogP contribution in [-0.4, -0.2) is 28.9 Å². The van der Waals surface area contributed by atoms with E-state index >= 15 is 0 Å². The van der Waals surface area contributed by atoms with Gasteiger partial charge >= 0.3 is 0 Å². The molecular formula is C14H19N3O2. The molecule has 0 aromatic carbocycles. The summed E-state index contributed by atoms with van der Waals surface area (Å²) in [6.07, 6.45) is 0.562. The van der Waals surface area contributed by atoms with Crippen LogP contribution in [0.25, 0.3) is 0 Å². The molecule has 1 fully saturated rings. The van der Waals surface area contributed by atoms with E-state index in [2.05, 4.69) is 10.3 Å². The fourth-order valence-electron chi connectivity index (χ4n) is 2.31. The van der Waals surface area contributed by atoms with Crippen LogP contribution < -0.4 is 10.2 Å². The average Bonchev–Trinajstić information content (AvgIpc) is 2.34. The number of pyridine rings is 1. The fraction of sp³-hybridized carbons (Fsp3) is 0.500. The monoisotopic (exact) mass is 261 g/mol. The van der Waals surface area contributed by atoms with Crippen molar-refractivity contribution in [2.24, 2.45) is 0 Å². The highest BCUT2D eigenvalue weighted by atomic mass is 16.2. The Balaban J connectivity index is 2.43. The summed E-state index contributed by atoms with van der Waals surface area (Å²) in [5.41, 5.74) is 1.55. The van der Waals surface area contributed by atoms with Crippen molar-refractivity contribution in [3.05, 3.63) is 23.5 Å². The number of aryl methyl sites for hydroxylation is 2. The molecule has 1 N–H and O–H groups in total. The number of carbonyl (C=O) groups excluding carboxylic acids is 2. The van der Waals surface area contributed by atoms with Crippen molar-refractivity contribution in [3.8, 4) is 0 Å². The first-order valence-electron chi connectivity index (χ1n) is 6.44. The maximum absolute atomic E-state index is 12.5. The van der Waals surface area contributed by atoms with Crippen molar-refractivity contribution in [1.29, 1.82) is 0 Å². The van der Waals surface area contributed by atoms with Gasteiger partial charge in [0, 0.05) is 5.69 Å². The van der Waals surface area contributed by atoms with E-state index in [9.17, 15) is 9.59 Å². The average molecular weight is 261 g/mol. The summed E-state index contributed by atoms with van der Waals surface area (Å²) < 4.78 is 0. The van der Waals surface area contributed by atoms with Crippen molar-refractivity contribution in [2.75, 3.05) is 11.4 Å². The van der Waals surface area contributed by atoms with Crippen LogP contribution in [0.2, 0.25) is 0 Å². The highest BCUT2D eigenvalue weighted by Gasteiger charge is 2.42. The second-order valence-electron chi connectivity index (χ2n) is 5.18. The van der Waals surface area contributed by atoms with E-state index in [1.807, 2.05) is 32.9 Å². The Labute approximate surface area is 113 Å². The molecule has 19 heavy (non-hydrogen) atoms. The molecule has 2 amide bonds. The van der Waals surface area contributed by atoms with Gasteiger partial charge in [0.05, 0.1) is 11.4 Å². The molecule has 2 heterocycles. The second kappa shape index (κ2) is 4.64. The van der Waals surface area contributed by atoms with Gasteiger partial charge in [-0.15, -0.1) is 0 Å². The molecule has 0 saturated carbocycles. The standard InChI is InChI=1S/C14H19N3O2/c1-5-14(4)13(19)17(8-12(18)16-14)11-7-6-9(2)15-10(11)3/h6-7H,5,8H2,1-4H3,(H,16,18). The van der Waals surface area contributed by atoms with Crippen LogP contribution in [0.4, 0.5) is 5.69 Å². The molecule has 2 rings (SSSR count). The van der Waals surface area contributed by atoms with Crippen molar-refractivity contribution < 1.29 is 9.59 Å². The van der Waals surface area contributed by atoms with Gasteiger partial charge in [-0.2, -0.15) is 0 Å². The zero-order chi connectivity index (χ0) is 14.2. The number of nitrogens with zero attached hydrogens (tertiary/aromatic N) is 2. The Morgan fingerprint density at radius 3 is 2.63 bits per heavy atom. The predicted molar refractivity (Wildman–Crippen MR) is 72.9 cm³/mol. The van der Waals surface area contributed by atoms with Gasteiger partial charge in [0.1, 0.15) is 12.1 Å². The highest BCUT2D eigenvalue weighted by molar-refractivity contribution is 6.09. The van der Waals surface area contributed by atoms with Crippen LogP contribution in [-0.2, 0) is 9.59 Å². The van der Waals surface area contributed by atoms with Crippen LogP contribution in [0.1, 0.15) is 31.7 Å². The van der Waals surface area contributed by atoms with Crippen LogP contribution in [0.5, 0.6) is 0 Å². The predicted octanol–water partition coefficient (Wildman–Crippen LogP) is 1.33. The first-order chi connectivity index (χ1) is 8.87. The van der Waals surface area contributed by atoms with Crippen molar-refractivity contribution in [1.82, 2.24) is 10.3 Å². The highest BCUT2D eigenvalue weighted by Crippen LogP contribution is 2.25. The summed E-state index contributed by atoms with van der Waals surface area (Å²) in [4.78, 5) is 30.3. The lowest BCUT2D eigenvalue weighted by molar-refractivity contribution is -0.135. The number of hydrogen-bond acceptors (Lipinski definition) is 3. The number of nitrogens with one attached hydrogen (secondary N) is 1. The number of hydrogen-bond donors (Lipinski definition) is 1. The SMILES string of the molecule is CCC1(C)NC(=O)CN(c2ccc(C)nc2C)C1=O. The molecule has 1 saturated heterocycles. The summed E-state index contributed by atoms with van der Waals surface area (Å²) in [6, 6.07) is 3.70. The summed E-state index contributed by atoms with van der Waals surface area (Å²) in [7, 11) is 0. The lowest BCUT2D eigenvalue weighted by atomic mass is 9.94. The van der Waals surface area contributed by atoms with E-state index in [0.29, 0.717) is 12.1 Å². The van der Waals surface area contributed by atoms with Gasteiger partial charge in [-0.25, -0.2) is 0 Å². The van der Waals surface area contributed by atoms with Crippen LogP contribution in [0, 0.1) is 13.8 Å². The Kier molecular flexibility index (Phi) is 3.30. The van der Waals surface area contributed by atoms with Gasteiger partial charge in [0.2, 0.25) is 5.91 Å². The third-order valence-corrected chi connectivity index (χ3v) is 3.63. The minimum absolute atomic E-state index is 0.0556. The molecule has 1 aliphatic heterocycles. The van der Waals surface area contributed by atoms with E-state index in [0.717, 1.165) is 11.4 Å². The van der Waals surface area contributed by atoms with Gasteiger partial charge in [-0.3, -0.25) is 19.5 Å². The van der Waals surface area contributed by atoms with Crippen LogP contribution >= 0.6 is 0 Å². The minimum Gasteiger partial charge on any atom is -0.340 e. The summed E-state index contributed by atoms with van der Waals surface area (Å²) in [6.45, 7) is 7.46. The minimum atomic E-state index is -0.827. The third kappa shape index (κ3) is 2.32. The molecule has 0 radical (unpaired) electrons. The van der Waals surface area contributed by atoms with Crippen molar-refractivity contribution >= 4 is 17.5 Å². The Morgan fingerprint density at radius 2 is 2.05 bits per heavy atom. The van der Waals surface area contributed by atoms with Gasteiger partial charge in [0.25, 0.3) is 5.91 Å². The van der Waals surface area contributed by atoms with E-state index in [4.69, 9.17) is 0 Å². The molecule has 0 spiro atoms. The van der Waals surface area contributed by atoms with Gasteiger partial charge < -0.3 is 5.32 Å². The number of rotatable bonds is 2. The molecule has 0 aliphatic carbocycles. The van der Waals surface area contributed by atoms with E-state index in [-0.39, 0.29) is 18.4 Å². The maximum atomic E-state index is 12.5. The first kappa shape index (κ1) is 13.5. The fourth-order valence-corrected chi connectivity index (χ4v) is 2.31. The molecule has 1 aromatic heterocycles. The quantitative estimate of drug-likeness (QED) is 0.873. The van der Waals surface area contributed by atoms with E-state index in [1.165, 1.54) is 4.90 Å². The first-order valence-corrected chi connectivity index (χ1v) is 6.44. The third-order valence-electron chi connectivity index (χ3n) is 3.63. The summed E-state index contributed by atoms with van der Waals surface area (Å²) in [5.74, 6) is -0.215. The zero-order valence-corrected chi connectivity index (χ0v) is 11.8. The largest absolute Gasteiger partial charge is 0.340 e. The smallest absolute Gasteiger partial charge is 0.252 e. The van der Waals surface area contributed by atoms with Gasteiger partial charge in [-0.05, 0) is 39.3 Å². The van der Waals surface area contributed by atoms with Crippen molar-refractivity contribution in [2.45, 2.75) is 39.7 Å². The van der Waals surface area contributed by atoms with Crippen molar-refractivity contribution in [3.63, 3.8) is 0 Å². The lowest BCUT2D eigenvalue weighted by Crippen LogP contribution is -2.65. The van der Waals surface area contributed by atoms with Gasteiger partial charge in [-0.1, -0.05) is 6.92 Å². The second-order valence-corrected chi connectivity index (χ2v) is 5.18. The summed E-state index contributed by atoms with van der Waals surface area (Å²) in [5, 5.41) is 2.77. The Morgan fingerprint density at radius 1 is 1.37 bits per heavy atom. The molecule has 1 aromatic rings. The van der Waals surface area contributed by atoms with Crippen LogP contribution in [0.3, 0.4) is 0 Å². The zero-order valence-electron chi connectivity index (χ0n) is 11.8. The Hall–Kier alpha value is -1.91. The number of anilines is 1. The lowest BCUT2D eigenvalue weighted by Gasteiger charge is -2.39. The van der Waals surface area contributed by atoms with E-state index < -0.39 is 5.54 Å².